The summed E-state index contributed by atoms with van der Waals surface area (Å²) in [6.45, 7) is 39.1. The molecular weight excluding hydrogens is 735 g/mol. The van der Waals surface area contributed by atoms with Crippen LogP contribution in [0.2, 0.25) is 64.0 Å². The molecule has 4 rings (SSSR count). The third-order valence-corrected chi connectivity index (χ3v) is 21.7. The fourth-order valence-electron chi connectivity index (χ4n) is 7.26. The molecule has 0 aromatic heterocycles. The summed E-state index contributed by atoms with van der Waals surface area (Å²) >= 11 is 0. The van der Waals surface area contributed by atoms with Gasteiger partial charge in [0.05, 0.1) is 24.2 Å². The second-order valence-corrected chi connectivity index (χ2v) is 36.4. The molecule has 0 fully saturated rings. The topological polar surface area (TPSA) is 0 Å². The Kier molecular flexibility index (Phi) is 15.7. The molecule has 0 amide bonds. The second-order valence-electron chi connectivity index (χ2n) is 16.9. The van der Waals surface area contributed by atoms with Crippen molar-refractivity contribution in [2.24, 2.45) is 0 Å². The minimum Gasteiger partial charge on any atom is -1.00 e. The van der Waals surface area contributed by atoms with Crippen molar-refractivity contribution >= 4 is 63.4 Å². The first-order chi connectivity index (χ1) is 19.5. The Balaban J connectivity index is 0.00000529. The van der Waals surface area contributed by atoms with Gasteiger partial charge < -0.3 is 37.2 Å². The molecule has 0 bridgehead atoms. The zero-order valence-corrected chi connectivity index (χ0v) is 39.7. The largest absolute Gasteiger partial charge is 4.00 e. The van der Waals surface area contributed by atoms with Crippen molar-refractivity contribution in [1.82, 2.24) is 0 Å². The van der Waals surface area contributed by atoms with Gasteiger partial charge in [0.15, 0.2) is 0 Å². The Morgan fingerprint density at radius 1 is 0.447 bits per heavy atom. The van der Waals surface area contributed by atoms with E-state index >= 15 is 0 Å². The van der Waals surface area contributed by atoms with Crippen LogP contribution < -0.4 is 68.3 Å². The van der Waals surface area contributed by atoms with Gasteiger partial charge in [0.25, 0.3) is 0 Å². The van der Waals surface area contributed by atoms with Crippen LogP contribution in [0.3, 0.4) is 0 Å². The van der Waals surface area contributed by atoms with Crippen LogP contribution >= 0.6 is 0 Å². The van der Waals surface area contributed by atoms with Crippen molar-refractivity contribution in [3.05, 3.63) is 94.1 Å². The van der Waals surface area contributed by atoms with Crippen molar-refractivity contribution in [1.29, 1.82) is 0 Å². The monoisotopic (exact) mass is 790 g/mol. The maximum Gasteiger partial charge on any atom is 4.00 e. The molecule has 0 nitrogen and oxygen atoms in total. The van der Waals surface area contributed by atoms with Gasteiger partial charge in [-0.15, -0.1) is 6.92 Å². The normalized spacial score (nSPS) is 16.8. The first-order valence-electron chi connectivity index (χ1n) is 16.2. The van der Waals surface area contributed by atoms with Crippen LogP contribution in [-0.2, 0) is 21.7 Å². The molecule has 47 heavy (non-hydrogen) atoms. The van der Waals surface area contributed by atoms with Crippen LogP contribution in [0.4, 0.5) is 0 Å². The van der Waals surface area contributed by atoms with Gasteiger partial charge in [0, 0.05) is 0 Å². The van der Waals surface area contributed by atoms with E-state index in [2.05, 4.69) is 168 Å². The average Bonchev–Trinajstić information content (AvgIpc) is 3.05. The Morgan fingerprint density at radius 3 is 0.915 bits per heavy atom. The molecule has 1 unspecified atom stereocenters. The van der Waals surface area contributed by atoms with Gasteiger partial charge in [0.2, 0.25) is 0 Å². The molecular formula is C39H57Cl3Si4Ti. The van der Waals surface area contributed by atoms with E-state index in [1.54, 1.807) is 31.1 Å². The van der Waals surface area contributed by atoms with E-state index < -0.39 is 32.3 Å². The molecule has 1 aliphatic rings. The summed E-state index contributed by atoms with van der Waals surface area (Å²) in [7, 11) is -7.58. The third kappa shape index (κ3) is 8.73. The van der Waals surface area contributed by atoms with Gasteiger partial charge in [-0.1, -0.05) is 172 Å². The summed E-state index contributed by atoms with van der Waals surface area (Å²) in [6.07, 6.45) is 4.24. The molecule has 0 saturated heterocycles. The van der Waals surface area contributed by atoms with Crippen LogP contribution in [0.15, 0.2) is 71.3 Å². The Morgan fingerprint density at radius 2 is 0.702 bits per heavy atom. The number of aryl methyl sites for hydroxylation is 3. The quantitative estimate of drug-likeness (QED) is 0.157. The predicted molar refractivity (Wildman–Crippen MR) is 206 cm³/mol. The summed E-state index contributed by atoms with van der Waals surface area (Å²) < 4.78 is 0. The molecule has 1 atom stereocenters. The van der Waals surface area contributed by atoms with Gasteiger partial charge in [-0.2, -0.15) is 11.1 Å². The summed E-state index contributed by atoms with van der Waals surface area (Å²) in [4.78, 5) is 0. The van der Waals surface area contributed by atoms with Gasteiger partial charge in [-0.3, -0.25) is 6.08 Å². The fraction of sp³-hybridized carbons (Fsp3) is 0.436. The predicted octanol–water partition coefficient (Wildman–Crippen LogP) is -1.41. The SMILES string of the molecule is CC1=[C-]C(C)([Si](c2cc(C)cc([Si](C)(C)C)c2)(c2cc(C)cc([Si](C)(C)C)c2)c2cc(C)cc([Si](C)(C)C)c2)C(C)=C1C.[Cl-].[Cl-].[Cl-].[Ti+4]. The van der Waals surface area contributed by atoms with Gasteiger partial charge in [-0.05, 0) is 36.3 Å². The maximum atomic E-state index is 4.24. The van der Waals surface area contributed by atoms with Gasteiger partial charge in [-0.25, -0.2) is 5.57 Å². The maximum absolute atomic E-state index is 4.24. The number of allylic oxidation sites excluding steroid dienone is 4. The molecule has 8 heteroatoms. The Bertz CT molecular complexity index is 1500. The van der Waals surface area contributed by atoms with E-state index in [4.69, 9.17) is 0 Å². The van der Waals surface area contributed by atoms with Crippen LogP contribution in [-0.4, -0.2) is 32.3 Å². The zero-order valence-electron chi connectivity index (χ0n) is 31.8. The van der Waals surface area contributed by atoms with Crippen molar-refractivity contribution in [2.75, 3.05) is 0 Å². The van der Waals surface area contributed by atoms with Gasteiger partial charge >= 0.3 is 21.7 Å². The molecule has 3 aromatic rings. The van der Waals surface area contributed by atoms with E-state index in [0.717, 1.165) is 0 Å². The first-order valence-corrected chi connectivity index (χ1v) is 28.7. The zero-order chi connectivity index (χ0) is 32.5. The number of rotatable bonds is 7. The van der Waals surface area contributed by atoms with E-state index in [-0.39, 0.29) is 64.0 Å². The number of hydrogen-bond donors (Lipinski definition) is 0. The van der Waals surface area contributed by atoms with Crippen molar-refractivity contribution in [3.63, 3.8) is 0 Å². The van der Waals surface area contributed by atoms with E-state index in [1.165, 1.54) is 33.4 Å². The third-order valence-electron chi connectivity index (χ3n) is 10.2. The molecule has 0 spiro atoms. The van der Waals surface area contributed by atoms with Crippen molar-refractivity contribution < 1.29 is 58.9 Å². The smallest absolute Gasteiger partial charge is 1.00 e. The molecule has 3 aromatic carbocycles. The van der Waals surface area contributed by atoms with E-state index in [1.807, 2.05) is 0 Å². The van der Waals surface area contributed by atoms with Crippen molar-refractivity contribution in [3.8, 4) is 0 Å². The molecule has 0 saturated carbocycles. The van der Waals surface area contributed by atoms with Crippen molar-refractivity contribution in [2.45, 2.75) is 112 Å². The molecule has 0 heterocycles. The number of benzene rings is 3. The van der Waals surface area contributed by atoms with Crippen LogP contribution in [0.25, 0.3) is 0 Å². The minimum absolute atomic E-state index is 0. The fourth-order valence-corrected chi connectivity index (χ4v) is 17.7. The van der Waals surface area contributed by atoms with E-state index in [0.29, 0.717) is 0 Å². The minimum atomic E-state index is -2.81. The summed E-state index contributed by atoms with van der Waals surface area (Å²) in [5.74, 6) is 0. The molecule has 0 N–H and O–H groups in total. The molecule has 0 aliphatic heterocycles. The van der Waals surface area contributed by atoms with Crippen LogP contribution in [0.1, 0.15) is 44.4 Å². The van der Waals surface area contributed by atoms with Crippen LogP contribution in [0, 0.1) is 26.8 Å². The first kappa shape index (κ1) is 46.6. The van der Waals surface area contributed by atoms with Crippen LogP contribution in [0.5, 0.6) is 0 Å². The standard InChI is InChI=1S/C39H57Si4.3ClH.Ti/c1-27-17-33(40(8,9)10)23-36(20-27)43(39(7)26-30(4)31(5)32(39)6,37-21-28(2)18-34(24-37)41(11,12)13)38-22-29(3)19-35(25-38)42(14,15)16;;;;/h17-25H,1-16H3;3*1H;/q-1;;;;+4/p-3. The van der Waals surface area contributed by atoms with E-state index in [9.17, 15) is 0 Å². The molecule has 254 valence electrons. The Labute approximate surface area is 326 Å². The summed E-state index contributed by atoms with van der Waals surface area (Å²) in [6, 6.07) is 23.2. The Hall–Kier alpha value is -0.408. The second kappa shape index (κ2) is 15.9. The molecule has 0 radical (unpaired) electrons. The summed E-state index contributed by atoms with van der Waals surface area (Å²) in [5.41, 5.74) is 8.43. The molecule has 1 aliphatic carbocycles. The number of halogens is 3. The summed E-state index contributed by atoms with van der Waals surface area (Å²) in [5, 5.41) is 9.15. The number of hydrogen-bond acceptors (Lipinski definition) is 0. The van der Waals surface area contributed by atoms with Gasteiger partial charge in [0.1, 0.15) is 8.07 Å². The average molecular weight is 792 g/mol.